The maximum absolute atomic E-state index is 6.04. The molecule has 1 heterocycles. The highest BCUT2D eigenvalue weighted by molar-refractivity contribution is 7.80. The summed E-state index contributed by atoms with van der Waals surface area (Å²) in [4.78, 5) is 0. The molecule has 0 aromatic heterocycles. The van der Waals surface area contributed by atoms with Crippen LogP contribution < -0.4 is 15.4 Å². The Labute approximate surface area is 123 Å². The van der Waals surface area contributed by atoms with Crippen LogP contribution in [0.2, 0.25) is 5.02 Å². The van der Waals surface area contributed by atoms with Gasteiger partial charge in [0.15, 0.2) is 5.11 Å². The lowest BCUT2D eigenvalue weighted by atomic mass is 10.2. The Bertz CT molecular complexity index is 450. The second-order valence-electron chi connectivity index (χ2n) is 4.32. The summed E-state index contributed by atoms with van der Waals surface area (Å²) in [5.41, 5.74) is 0.829. The predicted octanol–water partition coefficient (Wildman–Crippen LogP) is 2.81. The van der Waals surface area contributed by atoms with Gasteiger partial charge in [-0.3, -0.25) is 0 Å². The standard InChI is InChI=1S/C13H17ClN2O2S/c1-17-12-5-4-9(7-11(12)14)16-13(19)15-8-10-3-2-6-18-10/h4-5,7,10H,2-3,6,8H2,1H3,(H2,15,16,19)/t10-/m0/s1. The molecule has 1 saturated heterocycles. The Hall–Kier alpha value is -1.04. The third-order valence-electron chi connectivity index (χ3n) is 2.92. The number of methoxy groups -OCH3 is 1. The third-order valence-corrected chi connectivity index (χ3v) is 3.47. The molecule has 0 saturated carbocycles. The summed E-state index contributed by atoms with van der Waals surface area (Å²) < 4.78 is 10.6. The normalized spacial score (nSPS) is 18.1. The minimum absolute atomic E-state index is 0.263. The molecular weight excluding hydrogens is 284 g/mol. The first-order valence-corrected chi connectivity index (χ1v) is 6.97. The Morgan fingerprint density at radius 2 is 2.42 bits per heavy atom. The molecule has 0 aliphatic carbocycles. The third kappa shape index (κ3) is 4.23. The van der Waals surface area contributed by atoms with Crippen LogP contribution >= 0.6 is 23.8 Å². The maximum Gasteiger partial charge on any atom is 0.170 e. The fourth-order valence-electron chi connectivity index (χ4n) is 1.93. The van der Waals surface area contributed by atoms with Crippen molar-refractivity contribution in [3.8, 4) is 5.75 Å². The molecule has 0 unspecified atom stereocenters. The second kappa shape index (κ2) is 6.93. The molecule has 0 radical (unpaired) electrons. The highest BCUT2D eigenvalue weighted by atomic mass is 35.5. The quantitative estimate of drug-likeness (QED) is 0.837. The van der Waals surface area contributed by atoms with E-state index in [1.165, 1.54) is 0 Å². The van der Waals surface area contributed by atoms with Crippen molar-refractivity contribution in [2.24, 2.45) is 0 Å². The molecule has 0 amide bonds. The number of benzene rings is 1. The molecule has 104 valence electrons. The SMILES string of the molecule is COc1ccc(NC(=S)NC[C@@H]2CCCO2)cc1Cl. The number of nitrogens with one attached hydrogen (secondary N) is 2. The van der Waals surface area contributed by atoms with Gasteiger partial charge in [-0.1, -0.05) is 11.6 Å². The van der Waals surface area contributed by atoms with Gasteiger partial charge in [0.2, 0.25) is 0 Å². The summed E-state index contributed by atoms with van der Waals surface area (Å²) in [7, 11) is 1.59. The van der Waals surface area contributed by atoms with Crippen molar-refractivity contribution in [1.29, 1.82) is 0 Å². The van der Waals surface area contributed by atoms with Gasteiger partial charge in [0, 0.05) is 18.8 Å². The van der Waals surface area contributed by atoms with Gasteiger partial charge in [-0.2, -0.15) is 0 Å². The molecule has 0 bridgehead atoms. The molecule has 2 rings (SSSR count). The van der Waals surface area contributed by atoms with Crippen LogP contribution in [-0.4, -0.2) is 31.5 Å². The van der Waals surface area contributed by atoms with Crippen molar-refractivity contribution in [2.45, 2.75) is 18.9 Å². The molecular formula is C13H17ClN2O2S. The smallest absolute Gasteiger partial charge is 0.170 e. The van der Waals surface area contributed by atoms with E-state index in [9.17, 15) is 0 Å². The first-order chi connectivity index (χ1) is 9.19. The van der Waals surface area contributed by atoms with E-state index in [0.29, 0.717) is 15.9 Å². The number of thiocarbonyl (C=S) groups is 1. The Morgan fingerprint density at radius 1 is 1.58 bits per heavy atom. The zero-order chi connectivity index (χ0) is 13.7. The zero-order valence-electron chi connectivity index (χ0n) is 10.7. The van der Waals surface area contributed by atoms with E-state index in [2.05, 4.69) is 10.6 Å². The average molecular weight is 301 g/mol. The van der Waals surface area contributed by atoms with Crippen molar-refractivity contribution >= 4 is 34.6 Å². The number of rotatable bonds is 4. The van der Waals surface area contributed by atoms with Crippen LogP contribution in [0.4, 0.5) is 5.69 Å². The van der Waals surface area contributed by atoms with Gasteiger partial charge < -0.3 is 20.1 Å². The molecule has 1 aromatic carbocycles. The van der Waals surface area contributed by atoms with Crippen LogP contribution in [-0.2, 0) is 4.74 Å². The average Bonchev–Trinajstić information content (AvgIpc) is 2.90. The van der Waals surface area contributed by atoms with E-state index >= 15 is 0 Å². The highest BCUT2D eigenvalue weighted by Crippen LogP contribution is 2.27. The van der Waals surface area contributed by atoms with E-state index in [1.807, 2.05) is 6.07 Å². The maximum atomic E-state index is 6.04. The van der Waals surface area contributed by atoms with Gasteiger partial charge in [0.25, 0.3) is 0 Å². The summed E-state index contributed by atoms with van der Waals surface area (Å²) in [5.74, 6) is 0.644. The lowest BCUT2D eigenvalue weighted by Crippen LogP contribution is -2.34. The minimum Gasteiger partial charge on any atom is -0.495 e. The molecule has 1 aliphatic rings. The zero-order valence-corrected chi connectivity index (χ0v) is 12.3. The number of halogens is 1. The molecule has 1 aliphatic heterocycles. The Balaban J connectivity index is 1.82. The van der Waals surface area contributed by atoms with Crippen LogP contribution in [0.5, 0.6) is 5.75 Å². The molecule has 2 N–H and O–H groups in total. The van der Waals surface area contributed by atoms with Crippen molar-refractivity contribution in [2.75, 3.05) is 25.6 Å². The van der Waals surface area contributed by atoms with Gasteiger partial charge in [-0.15, -0.1) is 0 Å². The van der Waals surface area contributed by atoms with Gasteiger partial charge in [-0.05, 0) is 43.3 Å². The molecule has 0 spiro atoms. The molecule has 1 aromatic rings. The van der Waals surface area contributed by atoms with Crippen molar-refractivity contribution in [3.05, 3.63) is 23.2 Å². The summed E-state index contributed by atoms with van der Waals surface area (Å²) >= 11 is 11.3. The van der Waals surface area contributed by atoms with Gasteiger partial charge in [0.05, 0.1) is 18.2 Å². The summed E-state index contributed by atoms with van der Waals surface area (Å²) in [6.45, 7) is 1.58. The number of anilines is 1. The molecule has 4 nitrogen and oxygen atoms in total. The van der Waals surface area contributed by atoms with Crippen molar-refractivity contribution < 1.29 is 9.47 Å². The lowest BCUT2D eigenvalue weighted by Gasteiger charge is -2.14. The highest BCUT2D eigenvalue weighted by Gasteiger charge is 2.15. The largest absolute Gasteiger partial charge is 0.495 e. The van der Waals surface area contributed by atoms with Crippen LogP contribution in [0.1, 0.15) is 12.8 Å². The molecule has 6 heteroatoms. The predicted molar refractivity (Wildman–Crippen MR) is 81.2 cm³/mol. The van der Waals surface area contributed by atoms with Gasteiger partial charge in [-0.25, -0.2) is 0 Å². The monoisotopic (exact) mass is 300 g/mol. The van der Waals surface area contributed by atoms with E-state index in [1.54, 1.807) is 19.2 Å². The van der Waals surface area contributed by atoms with E-state index < -0.39 is 0 Å². The van der Waals surface area contributed by atoms with Crippen LogP contribution in [0.15, 0.2) is 18.2 Å². The lowest BCUT2D eigenvalue weighted by molar-refractivity contribution is 0.114. The summed E-state index contributed by atoms with van der Waals surface area (Å²) in [6, 6.07) is 5.44. The summed E-state index contributed by atoms with van der Waals surface area (Å²) in [6.07, 6.45) is 2.48. The van der Waals surface area contributed by atoms with E-state index in [-0.39, 0.29) is 6.10 Å². The fourth-order valence-corrected chi connectivity index (χ4v) is 2.39. The Kier molecular flexibility index (Phi) is 5.24. The first-order valence-electron chi connectivity index (χ1n) is 6.19. The van der Waals surface area contributed by atoms with E-state index in [4.69, 9.17) is 33.3 Å². The summed E-state index contributed by atoms with van der Waals surface area (Å²) in [5, 5.41) is 7.34. The van der Waals surface area contributed by atoms with E-state index in [0.717, 1.165) is 31.7 Å². The van der Waals surface area contributed by atoms with Crippen LogP contribution in [0, 0.1) is 0 Å². The molecule has 19 heavy (non-hydrogen) atoms. The number of hydrogen-bond acceptors (Lipinski definition) is 3. The van der Waals surface area contributed by atoms with Gasteiger partial charge in [0.1, 0.15) is 5.75 Å². The molecule has 1 fully saturated rings. The van der Waals surface area contributed by atoms with Crippen molar-refractivity contribution in [1.82, 2.24) is 5.32 Å². The minimum atomic E-state index is 0.263. The van der Waals surface area contributed by atoms with Crippen LogP contribution in [0.25, 0.3) is 0 Å². The topological polar surface area (TPSA) is 42.5 Å². The van der Waals surface area contributed by atoms with Crippen molar-refractivity contribution in [3.63, 3.8) is 0 Å². The van der Waals surface area contributed by atoms with Crippen LogP contribution in [0.3, 0.4) is 0 Å². The first kappa shape index (κ1) is 14.4. The second-order valence-corrected chi connectivity index (χ2v) is 5.13. The molecule has 1 atom stereocenters. The number of hydrogen-bond donors (Lipinski definition) is 2. The Morgan fingerprint density at radius 3 is 3.05 bits per heavy atom. The fraction of sp³-hybridized carbons (Fsp3) is 0.462. The van der Waals surface area contributed by atoms with Gasteiger partial charge >= 0.3 is 0 Å². The number of ether oxygens (including phenoxy) is 2.